The van der Waals surface area contributed by atoms with E-state index in [2.05, 4.69) is 154 Å². The normalized spacial score (nSPS) is 15.0. The van der Waals surface area contributed by atoms with Crippen LogP contribution in [0.1, 0.15) is 252 Å². The first-order chi connectivity index (χ1) is 44.2. The van der Waals surface area contributed by atoms with Crippen LogP contribution in [0.25, 0.3) is 0 Å². The van der Waals surface area contributed by atoms with E-state index in [4.69, 9.17) is 32.3 Å². The number of phosphoric ester groups is 2. The highest BCUT2D eigenvalue weighted by atomic mass is 31.2. The predicted molar refractivity (Wildman–Crippen MR) is 371 cm³/mol. The lowest BCUT2D eigenvalue weighted by molar-refractivity contribution is -0.161. The van der Waals surface area contributed by atoms with Crippen molar-refractivity contribution in [3.63, 3.8) is 0 Å². The quantitative estimate of drug-likeness (QED) is 0.0146. The first-order valence-corrected chi connectivity index (χ1v) is 37.5. The third-order valence-electron chi connectivity index (χ3n) is 13.9. The molecular formula is C73H122O16P2. The van der Waals surface area contributed by atoms with Crippen LogP contribution in [0.3, 0.4) is 0 Å². The number of hydrogen-bond donors (Lipinski definition) is 4. The third-order valence-corrected chi connectivity index (χ3v) is 15.8. The van der Waals surface area contributed by atoms with Crippen molar-refractivity contribution >= 4 is 33.6 Å². The zero-order chi connectivity index (χ0) is 66.7. The molecule has 0 rings (SSSR count). The Balaban J connectivity index is 4.59. The smallest absolute Gasteiger partial charge is 0.463 e. The first kappa shape index (κ1) is 86.7. The molecule has 0 heterocycles. The number of rotatable bonds is 64. The van der Waals surface area contributed by atoms with Crippen molar-refractivity contribution in [3.05, 3.63) is 134 Å². The van der Waals surface area contributed by atoms with Crippen molar-refractivity contribution in [2.45, 2.75) is 270 Å². The van der Waals surface area contributed by atoms with Crippen LogP contribution in [-0.4, -0.2) is 95.9 Å². The summed E-state index contributed by atoms with van der Waals surface area (Å²) in [6.07, 6.45) is 76.5. The van der Waals surface area contributed by atoms with Crippen LogP contribution in [0.5, 0.6) is 0 Å². The largest absolute Gasteiger partial charge is 0.472 e. The molecule has 5 atom stereocenters. The van der Waals surface area contributed by atoms with Gasteiger partial charge >= 0.3 is 33.6 Å². The number of carbonyl (C=O) groups is 3. The Labute approximate surface area is 550 Å². The van der Waals surface area contributed by atoms with Gasteiger partial charge in [-0.15, -0.1) is 0 Å². The van der Waals surface area contributed by atoms with Gasteiger partial charge in [0.25, 0.3) is 0 Å². The number of aliphatic hydroxyl groups excluding tert-OH is 2. The van der Waals surface area contributed by atoms with E-state index in [1.165, 1.54) is 25.7 Å². The zero-order valence-corrected chi connectivity index (χ0v) is 58.0. The van der Waals surface area contributed by atoms with Gasteiger partial charge in [-0.25, -0.2) is 9.13 Å². The molecule has 91 heavy (non-hydrogen) atoms. The Kier molecular flexibility index (Phi) is 62.6. The number of esters is 3. The monoisotopic (exact) mass is 1320 g/mol. The van der Waals surface area contributed by atoms with Crippen molar-refractivity contribution in [2.75, 3.05) is 39.6 Å². The topological polar surface area (TPSA) is 231 Å². The summed E-state index contributed by atoms with van der Waals surface area (Å²) in [5.41, 5.74) is 0. The molecule has 16 nitrogen and oxygen atoms in total. The molecule has 5 unspecified atom stereocenters. The van der Waals surface area contributed by atoms with Gasteiger partial charge in [0.05, 0.1) is 26.4 Å². The fourth-order valence-electron chi connectivity index (χ4n) is 8.68. The standard InChI is InChI=1S/C73H122O16P2/c1-4-7-10-13-16-19-22-25-28-29-30-31-32-33-34-35-36-37-40-42-44-47-50-53-56-59-71(76)83-62-68(74)63-85-90(79,80)86-64-69(75)65-87-91(81,82)88-67-70(89-73(78)61-58-55-52-49-46-43-39-27-24-21-18-15-12-9-6-3)66-84-72(77)60-57-54-51-48-45-41-38-26-23-20-17-14-11-8-5-2/h7-12,16-21,25-28,30-31,33-34,38-39,68-70,74-75H,4-6,13-15,22-24,29,32,35-37,40-67H2,1-3H3,(H,79,80)(H,81,82)/b10-7-,11-8-,12-9-,19-16-,20-17-,21-18-,28-25-,31-30-,34-33-,38-26-,39-27-. The Morgan fingerprint density at radius 3 is 0.868 bits per heavy atom. The summed E-state index contributed by atoms with van der Waals surface area (Å²) in [5, 5.41) is 20.6. The van der Waals surface area contributed by atoms with Gasteiger partial charge in [0, 0.05) is 19.3 Å². The summed E-state index contributed by atoms with van der Waals surface area (Å²) in [6, 6.07) is 0. The van der Waals surface area contributed by atoms with E-state index in [0.29, 0.717) is 19.3 Å². The van der Waals surface area contributed by atoms with Crippen LogP contribution in [0.4, 0.5) is 0 Å². The van der Waals surface area contributed by atoms with E-state index in [1.807, 2.05) is 0 Å². The number of aliphatic hydroxyl groups is 2. The number of unbranched alkanes of at least 4 members (excludes halogenated alkanes) is 19. The van der Waals surface area contributed by atoms with Crippen LogP contribution in [0, 0.1) is 0 Å². The molecule has 520 valence electrons. The van der Waals surface area contributed by atoms with Crippen molar-refractivity contribution in [3.8, 4) is 0 Å². The molecular weight excluding hydrogens is 1190 g/mol. The fraction of sp³-hybridized carbons (Fsp3) is 0.658. The summed E-state index contributed by atoms with van der Waals surface area (Å²) in [4.78, 5) is 58.4. The van der Waals surface area contributed by atoms with Crippen LogP contribution >= 0.6 is 15.6 Å². The van der Waals surface area contributed by atoms with Gasteiger partial charge in [-0.2, -0.15) is 0 Å². The molecule has 18 heteroatoms. The van der Waals surface area contributed by atoms with Crippen molar-refractivity contribution < 1.29 is 75.8 Å². The van der Waals surface area contributed by atoms with Gasteiger partial charge in [0.15, 0.2) is 6.10 Å². The zero-order valence-electron chi connectivity index (χ0n) is 56.2. The van der Waals surface area contributed by atoms with Gasteiger partial charge in [0.1, 0.15) is 25.4 Å². The highest BCUT2D eigenvalue weighted by molar-refractivity contribution is 7.47. The Bertz CT molecular complexity index is 2190. The maximum Gasteiger partial charge on any atom is 0.472 e. The number of carbonyl (C=O) groups excluding carboxylic acids is 3. The highest BCUT2D eigenvalue weighted by Crippen LogP contribution is 2.45. The number of allylic oxidation sites excluding steroid dienone is 22. The SMILES string of the molecule is CC/C=C\C/C=C\C/C=C\C/C=C\C/C=C\CCCCCCCCCCCC(=O)OCC(O)COP(=O)(O)OCC(O)COP(=O)(O)OCC(COC(=O)CCCCCCC/C=C\C/C=C\C/C=C\CC)OC(=O)CCCCCCC/C=C\C/C=C\C/C=C\CC. The molecule has 0 fully saturated rings. The second kappa shape index (κ2) is 65.7. The summed E-state index contributed by atoms with van der Waals surface area (Å²) in [7, 11) is -9.79. The summed E-state index contributed by atoms with van der Waals surface area (Å²) >= 11 is 0. The molecule has 0 saturated heterocycles. The number of hydrogen-bond acceptors (Lipinski definition) is 14. The number of ether oxygens (including phenoxy) is 3. The van der Waals surface area contributed by atoms with E-state index in [9.17, 15) is 43.5 Å². The highest BCUT2D eigenvalue weighted by Gasteiger charge is 2.29. The summed E-state index contributed by atoms with van der Waals surface area (Å²) < 4.78 is 60.8. The van der Waals surface area contributed by atoms with E-state index in [-0.39, 0.29) is 19.3 Å². The van der Waals surface area contributed by atoms with Crippen LogP contribution < -0.4 is 0 Å². The van der Waals surface area contributed by atoms with Crippen LogP contribution in [0.15, 0.2) is 134 Å². The third kappa shape index (κ3) is 66.9. The summed E-state index contributed by atoms with van der Waals surface area (Å²) in [5.74, 6) is -1.63. The van der Waals surface area contributed by atoms with Gasteiger partial charge in [-0.3, -0.25) is 32.5 Å². The molecule has 0 aromatic rings. The molecule has 0 aliphatic carbocycles. The minimum Gasteiger partial charge on any atom is -0.463 e. The fourth-order valence-corrected chi connectivity index (χ4v) is 10.3. The first-order valence-electron chi connectivity index (χ1n) is 34.5. The van der Waals surface area contributed by atoms with Crippen molar-refractivity contribution in [1.82, 2.24) is 0 Å². The lowest BCUT2D eigenvalue weighted by atomic mass is 10.1. The maximum atomic E-state index is 12.9. The molecule has 0 amide bonds. The molecule has 0 spiro atoms. The van der Waals surface area contributed by atoms with Gasteiger partial charge < -0.3 is 34.2 Å². The number of phosphoric acid groups is 2. The van der Waals surface area contributed by atoms with Gasteiger partial charge in [-0.1, -0.05) is 238 Å². The molecule has 0 radical (unpaired) electrons. The molecule has 0 aromatic heterocycles. The summed E-state index contributed by atoms with van der Waals surface area (Å²) in [6.45, 7) is 2.26. The average molecular weight is 1320 g/mol. The van der Waals surface area contributed by atoms with E-state index < -0.39 is 91.5 Å². The molecule has 0 aromatic carbocycles. The molecule has 0 bridgehead atoms. The van der Waals surface area contributed by atoms with Gasteiger partial charge in [-0.05, 0) is 128 Å². The van der Waals surface area contributed by atoms with Crippen LogP contribution in [0.2, 0.25) is 0 Å². The Hall–Kier alpha value is -4.31. The second-order valence-electron chi connectivity index (χ2n) is 22.5. The molecule has 4 N–H and O–H groups in total. The van der Waals surface area contributed by atoms with Crippen molar-refractivity contribution in [1.29, 1.82) is 0 Å². The average Bonchev–Trinajstić information content (AvgIpc) is 3.08. The van der Waals surface area contributed by atoms with E-state index in [1.54, 1.807) is 0 Å². The van der Waals surface area contributed by atoms with Crippen molar-refractivity contribution in [2.24, 2.45) is 0 Å². The second-order valence-corrected chi connectivity index (χ2v) is 25.4. The van der Waals surface area contributed by atoms with E-state index >= 15 is 0 Å². The molecule has 0 saturated carbocycles. The minimum atomic E-state index is -4.94. The Morgan fingerprint density at radius 1 is 0.308 bits per heavy atom. The lowest BCUT2D eigenvalue weighted by Gasteiger charge is -2.21. The maximum absolute atomic E-state index is 12.9. The van der Waals surface area contributed by atoms with E-state index in [0.717, 1.165) is 167 Å². The molecule has 0 aliphatic rings. The predicted octanol–water partition coefficient (Wildman–Crippen LogP) is 19.2. The minimum absolute atomic E-state index is 0.0776. The van der Waals surface area contributed by atoms with Gasteiger partial charge in [0.2, 0.25) is 0 Å². The van der Waals surface area contributed by atoms with Crippen LogP contribution in [-0.2, 0) is 55.8 Å². The Morgan fingerprint density at radius 2 is 0.549 bits per heavy atom. The molecule has 0 aliphatic heterocycles. The lowest BCUT2D eigenvalue weighted by Crippen LogP contribution is -2.30.